The van der Waals surface area contributed by atoms with Crippen LogP contribution in [0.5, 0.6) is 0 Å². The predicted molar refractivity (Wildman–Crippen MR) is 130 cm³/mol. The summed E-state index contributed by atoms with van der Waals surface area (Å²) in [6, 6.07) is 18.0. The van der Waals surface area contributed by atoms with Gasteiger partial charge in [0, 0.05) is 16.6 Å². The molecule has 3 aromatic heterocycles. The first-order valence-electron chi connectivity index (χ1n) is 9.51. The first kappa shape index (κ1) is 19.9. The molecule has 0 spiro atoms. The van der Waals surface area contributed by atoms with Crippen molar-refractivity contribution in [3.05, 3.63) is 81.7 Å². The molecule has 3 heterocycles. The topological polar surface area (TPSA) is 83.6 Å². The highest BCUT2D eigenvalue weighted by Crippen LogP contribution is 2.32. The van der Waals surface area contributed by atoms with Gasteiger partial charge in [-0.1, -0.05) is 65.6 Å². The van der Waals surface area contributed by atoms with Gasteiger partial charge in [-0.25, -0.2) is 4.98 Å². The van der Waals surface area contributed by atoms with Crippen LogP contribution in [0.4, 0.5) is 10.8 Å². The van der Waals surface area contributed by atoms with Gasteiger partial charge in [0.1, 0.15) is 10.7 Å². The van der Waals surface area contributed by atoms with E-state index in [1.165, 1.54) is 40.0 Å². The van der Waals surface area contributed by atoms with Crippen molar-refractivity contribution >= 4 is 55.5 Å². The van der Waals surface area contributed by atoms with E-state index >= 15 is 0 Å². The van der Waals surface area contributed by atoms with E-state index in [2.05, 4.69) is 31.5 Å². The molecule has 0 aliphatic carbocycles. The number of fused-ring (bicyclic) bond motifs is 1. The van der Waals surface area contributed by atoms with Gasteiger partial charge >= 0.3 is 0 Å². The van der Waals surface area contributed by atoms with E-state index in [0.29, 0.717) is 17.0 Å². The Bertz CT molecular complexity index is 1410. The number of thioether (sulfide) groups is 1. The molecule has 0 aliphatic rings. The smallest absolute Gasteiger partial charge is 0.260 e. The molecule has 2 N–H and O–H groups in total. The molecule has 0 saturated heterocycles. The van der Waals surface area contributed by atoms with Crippen molar-refractivity contribution in [2.24, 2.45) is 0 Å². The third kappa shape index (κ3) is 4.39. The second-order valence-corrected chi connectivity index (χ2v) is 9.92. The van der Waals surface area contributed by atoms with Gasteiger partial charge < -0.3 is 10.3 Å². The van der Waals surface area contributed by atoms with E-state index in [1.807, 2.05) is 60.8 Å². The van der Waals surface area contributed by atoms with Crippen LogP contribution in [0, 0.1) is 6.92 Å². The van der Waals surface area contributed by atoms with Crippen LogP contribution in [0.1, 0.15) is 11.4 Å². The van der Waals surface area contributed by atoms with Gasteiger partial charge in [-0.05, 0) is 30.2 Å². The molecule has 0 fully saturated rings. The molecule has 0 atom stereocenters. The van der Waals surface area contributed by atoms with Gasteiger partial charge in [-0.3, -0.25) is 4.79 Å². The number of H-pyrrole nitrogens is 1. The number of aromatic amines is 1. The molecule has 5 rings (SSSR count). The minimum atomic E-state index is -0.111. The summed E-state index contributed by atoms with van der Waals surface area (Å²) in [4.78, 5) is 21.1. The normalized spacial score (nSPS) is 11.1. The molecule has 0 saturated carbocycles. The second-order valence-electron chi connectivity index (χ2n) is 6.86. The largest absolute Gasteiger partial charge is 0.330 e. The van der Waals surface area contributed by atoms with Crippen LogP contribution >= 0.6 is 34.4 Å². The maximum absolute atomic E-state index is 12.8. The zero-order chi connectivity index (χ0) is 21.2. The first-order valence-corrected chi connectivity index (χ1v) is 12.2. The fourth-order valence-electron chi connectivity index (χ4n) is 3.19. The van der Waals surface area contributed by atoms with Crippen LogP contribution in [0.25, 0.3) is 21.3 Å². The van der Waals surface area contributed by atoms with Crippen molar-refractivity contribution in [1.82, 2.24) is 20.2 Å². The van der Waals surface area contributed by atoms with Crippen LogP contribution in [-0.4, -0.2) is 20.2 Å². The molecule has 0 radical (unpaired) electrons. The second kappa shape index (κ2) is 8.62. The number of anilines is 2. The average molecular weight is 464 g/mol. The Morgan fingerprint density at radius 3 is 2.81 bits per heavy atom. The van der Waals surface area contributed by atoms with Crippen LogP contribution in [0.3, 0.4) is 0 Å². The summed E-state index contributed by atoms with van der Waals surface area (Å²) in [7, 11) is 0. The molecule has 0 amide bonds. The molecule has 31 heavy (non-hydrogen) atoms. The van der Waals surface area contributed by atoms with Gasteiger partial charge in [0.05, 0.1) is 11.1 Å². The third-order valence-corrected chi connectivity index (χ3v) is 7.44. The van der Waals surface area contributed by atoms with Gasteiger partial charge in [0.15, 0.2) is 4.34 Å². The number of thiophene rings is 1. The molecular weight excluding hydrogens is 446 g/mol. The summed E-state index contributed by atoms with van der Waals surface area (Å²) in [5, 5.41) is 15.1. The molecule has 0 aliphatic heterocycles. The summed E-state index contributed by atoms with van der Waals surface area (Å²) in [5.74, 6) is 1.15. The van der Waals surface area contributed by atoms with Crippen molar-refractivity contribution < 1.29 is 0 Å². The number of nitrogens with zero attached hydrogens (tertiary/aromatic N) is 3. The average Bonchev–Trinajstić information content (AvgIpc) is 3.40. The van der Waals surface area contributed by atoms with Gasteiger partial charge in [0.25, 0.3) is 5.56 Å². The molecule has 9 heteroatoms. The van der Waals surface area contributed by atoms with Gasteiger partial charge in [0.2, 0.25) is 5.13 Å². The SMILES string of the molecule is Cc1cccc(Nc2nnc(SCc3nc4scc(-c5ccccc5)c4c(=O)[nH]3)s2)c1. The Morgan fingerprint density at radius 2 is 1.97 bits per heavy atom. The highest BCUT2D eigenvalue weighted by atomic mass is 32.2. The fourth-order valence-corrected chi connectivity index (χ4v) is 5.80. The zero-order valence-electron chi connectivity index (χ0n) is 16.5. The molecule has 6 nitrogen and oxygen atoms in total. The minimum absolute atomic E-state index is 0.111. The number of aromatic nitrogens is 4. The lowest BCUT2D eigenvalue weighted by Gasteiger charge is -2.02. The Morgan fingerprint density at radius 1 is 1.10 bits per heavy atom. The maximum atomic E-state index is 12.8. The van der Waals surface area contributed by atoms with Crippen molar-refractivity contribution in [2.45, 2.75) is 17.0 Å². The lowest BCUT2D eigenvalue weighted by Crippen LogP contribution is -2.10. The number of nitrogens with one attached hydrogen (secondary N) is 2. The molecule has 154 valence electrons. The number of rotatable bonds is 6. The zero-order valence-corrected chi connectivity index (χ0v) is 18.9. The van der Waals surface area contributed by atoms with Gasteiger partial charge in [-0.15, -0.1) is 21.5 Å². The number of hydrogen-bond donors (Lipinski definition) is 2. The Labute approximate surface area is 190 Å². The van der Waals surface area contributed by atoms with Crippen molar-refractivity contribution in [1.29, 1.82) is 0 Å². The van der Waals surface area contributed by atoms with Gasteiger partial charge in [-0.2, -0.15) is 0 Å². The summed E-state index contributed by atoms with van der Waals surface area (Å²) in [6.07, 6.45) is 0. The molecule has 2 aromatic carbocycles. The lowest BCUT2D eigenvalue weighted by atomic mass is 10.1. The highest BCUT2D eigenvalue weighted by Gasteiger charge is 2.14. The van der Waals surface area contributed by atoms with Crippen molar-refractivity contribution in [2.75, 3.05) is 5.32 Å². The van der Waals surface area contributed by atoms with E-state index in [0.717, 1.165) is 31.1 Å². The van der Waals surface area contributed by atoms with Crippen molar-refractivity contribution in [3.63, 3.8) is 0 Å². The van der Waals surface area contributed by atoms with Crippen LogP contribution in [-0.2, 0) is 5.75 Å². The standard InChI is InChI=1S/C22H17N5OS3/c1-13-6-5-9-15(10-13)23-21-26-27-22(31-21)30-12-17-24-19(28)18-16(11-29-20(18)25-17)14-7-3-2-4-8-14/h2-11H,12H2,1H3,(H,23,26)(H,24,25,28). The molecule has 0 unspecified atom stereocenters. The molecule has 0 bridgehead atoms. The first-order chi connectivity index (χ1) is 15.2. The summed E-state index contributed by atoms with van der Waals surface area (Å²) in [6.45, 7) is 2.05. The predicted octanol–water partition coefficient (Wildman–Crippen LogP) is 5.85. The quantitative estimate of drug-likeness (QED) is 0.308. The summed E-state index contributed by atoms with van der Waals surface area (Å²) in [5.41, 5.74) is 3.99. The lowest BCUT2D eigenvalue weighted by molar-refractivity contribution is 1.00. The Balaban J connectivity index is 1.31. The van der Waals surface area contributed by atoms with Crippen molar-refractivity contribution in [3.8, 4) is 11.1 Å². The van der Waals surface area contributed by atoms with E-state index < -0.39 is 0 Å². The third-order valence-electron chi connectivity index (χ3n) is 4.59. The molecular formula is C22H17N5OS3. The monoisotopic (exact) mass is 463 g/mol. The maximum Gasteiger partial charge on any atom is 0.260 e. The molecule has 5 aromatic rings. The highest BCUT2D eigenvalue weighted by molar-refractivity contribution is 8.00. The Kier molecular flexibility index (Phi) is 5.54. The van der Waals surface area contributed by atoms with E-state index in [9.17, 15) is 4.79 Å². The van der Waals surface area contributed by atoms with Crippen LogP contribution < -0.4 is 10.9 Å². The number of aryl methyl sites for hydroxylation is 1. The van der Waals surface area contributed by atoms with Crippen LogP contribution in [0.15, 0.2) is 69.1 Å². The summed E-state index contributed by atoms with van der Waals surface area (Å²) < 4.78 is 0.814. The fraction of sp³-hybridized carbons (Fsp3) is 0.0909. The Hall–Kier alpha value is -3.01. The number of hydrogen-bond acceptors (Lipinski definition) is 8. The van der Waals surface area contributed by atoms with E-state index in [4.69, 9.17) is 0 Å². The minimum Gasteiger partial charge on any atom is -0.330 e. The van der Waals surface area contributed by atoms with Crippen LogP contribution in [0.2, 0.25) is 0 Å². The summed E-state index contributed by atoms with van der Waals surface area (Å²) >= 11 is 4.47. The van der Waals surface area contributed by atoms with E-state index in [-0.39, 0.29) is 5.56 Å². The van der Waals surface area contributed by atoms with E-state index in [1.54, 1.807) is 0 Å². The number of benzene rings is 2.